The highest BCUT2D eigenvalue weighted by molar-refractivity contribution is 7.99. The van der Waals surface area contributed by atoms with Gasteiger partial charge in [0.05, 0.1) is 11.4 Å². The number of halogens is 1. The molecule has 2 N–H and O–H groups in total. The molecular weight excluding hydrogens is 338 g/mol. The van der Waals surface area contributed by atoms with Crippen molar-refractivity contribution in [3.63, 3.8) is 0 Å². The van der Waals surface area contributed by atoms with E-state index < -0.39 is 5.97 Å². The van der Waals surface area contributed by atoms with Gasteiger partial charge in [0, 0.05) is 11.3 Å². The van der Waals surface area contributed by atoms with Gasteiger partial charge in [0.25, 0.3) is 0 Å². The Balaban J connectivity index is 1.75. The molecule has 0 aliphatic rings. The summed E-state index contributed by atoms with van der Waals surface area (Å²) in [4.78, 5) is 14.8. The summed E-state index contributed by atoms with van der Waals surface area (Å²) in [5.41, 5.74) is 0.802. The molecule has 2 aromatic heterocycles. The largest absolute Gasteiger partial charge is 0.481 e. The van der Waals surface area contributed by atoms with Crippen LogP contribution in [0.5, 0.6) is 0 Å². The molecule has 3 rings (SSSR count). The fourth-order valence-corrected chi connectivity index (χ4v) is 2.88. The summed E-state index contributed by atoms with van der Waals surface area (Å²) in [6, 6.07) is 11.0. The van der Waals surface area contributed by atoms with Gasteiger partial charge in [-0.05, 0) is 24.3 Å². The lowest BCUT2D eigenvalue weighted by molar-refractivity contribution is -0.136. The molecule has 118 valence electrons. The van der Waals surface area contributed by atoms with Crippen LogP contribution in [0.4, 0.5) is 0 Å². The smallest absolute Gasteiger partial charge is 0.304 e. The maximum absolute atomic E-state index is 10.5. The minimum absolute atomic E-state index is 0.0615. The zero-order valence-corrected chi connectivity index (χ0v) is 13.4. The molecule has 6 nitrogen and oxygen atoms in total. The van der Waals surface area contributed by atoms with Gasteiger partial charge in [-0.3, -0.25) is 9.89 Å². The molecule has 23 heavy (non-hydrogen) atoms. The minimum atomic E-state index is -0.844. The molecule has 0 radical (unpaired) electrons. The first-order chi connectivity index (χ1) is 11.1. The van der Waals surface area contributed by atoms with E-state index in [-0.39, 0.29) is 6.42 Å². The van der Waals surface area contributed by atoms with Crippen LogP contribution in [-0.2, 0) is 4.79 Å². The zero-order valence-electron chi connectivity index (χ0n) is 11.8. The van der Waals surface area contributed by atoms with Gasteiger partial charge < -0.3 is 9.52 Å². The summed E-state index contributed by atoms with van der Waals surface area (Å²) >= 11 is 7.43. The number of aromatic amines is 1. The molecule has 0 spiro atoms. The number of carboxylic acids is 1. The van der Waals surface area contributed by atoms with Crippen molar-refractivity contribution in [3.05, 3.63) is 41.4 Å². The number of benzene rings is 1. The molecule has 0 saturated carbocycles. The van der Waals surface area contributed by atoms with Crippen LogP contribution >= 0.6 is 23.4 Å². The van der Waals surface area contributed by atoms with Gasteiger partial charge in [-0.25, -0.2) is 0 Å². The fourth-order valence-electron chi connectivity index (χ4n) is 1.92. The molecule has 0 bridgehead atoms. The van der Waals surface area contributed by atoms with Crippen molar-refractivity contribution in [2.45, 2.75) is 11.6 Å². The van der Waals surface area contributed by atoms with E-state index in [9.17, 15) is 4.79 Å². The third-order valence-corrected chi connectivity index (χ3v) is 4.17. The van der Waals surface area contributed by atoms with E-state index in [4.69, 9.17) is 21.1 Å². The average molecular weight is 350 g/mol. The lowest BCUT2D eigenvalue weighted by Gasteiger charge is -1.99. The monoisotopic (exact) mass is 349 g/mol. The molecule has 0 saturated heterocycles. The van der Waals surface area contributed by atoms with Gasteiger partial charge in [-0.15, -0.1) is 5.10 Å². The van der Waals surface area contributed by atoms with Crippen molar-refractivity contribution < 1.29 is 14.3 Å². The highest BCUT2D eigenvalue weighted by Crippen LogP contribution is 2.31. The fraction of sp³-hybridized carbons (Fsp3) is 0.133. The molecule has 8 heteroatoms. The third-order valence-electron chi connectivity index (χ3n) is 2.99. The Hall–Kier alpha value is -2.25. The molecule has 0 aliphatic heterocycles. The van der Waals surface area contributed by atoms with Crippen LogP contribution in [0.25, 0.3) is 22.9 Å². The summed E-state index contributed by atoms with van der Waals surface area (Å²) < 4.78 is 5.77. The van der Waals surface area contributed by atoms with Crippen LogP contribution in [0, 0.1) is 0 Å². The first-order valence-electron chi connectivity index (χ1n) is 6.75. The molecule has 3 aromatic rings. The summed E-state index contributed by atoms with van der Waals surface area (Å²) in [6.45, 7) is 0. The van der Waals surface area contributed by atoms with Crippen LogP contribution in [-0.4, -0.2) is 32.0 Å². The van der Waals surface area contributed by atoms with E-state index in [0.29, 0.717) is 33.3 Å². The summed E-state index contributed by atoms with van der Waals surface area (Å²) in [5.74, 6) is 1.24. The Morgan fingerprint density at radius 3 is 2.83 bits per heavy atom. The highest BCUT2D eigenvalue weighted by Gasteiger charge is 2.13. The minimum Gasteiger partial charge on any atom is -0.481 e. The second-order valence-electron chi connectivity index (χ2n) is 4.60. The van der Waals surface area contributed by atoms with Crippen molar-refractivity contribution in [1.82, 2.24) is 15.2 Å². The van der Waals surface area contributed by atoms with E-state index in [1.165, 1.54) is 11.8 Å². The Morgan fingerprint density at radius 2 is 2.04 bits per heavy atom. The molecule has 0 atom stereocenters. The number of rotatable bonds is 6. The standard InChI is InChI=1S/C15H12ClN3O3S/c16-10-4-2-1-3-9(10)11-5-6-12(22-11)14-17-15(19-18-14)23-8-7-13(20)21/h1-6H,7-8H2,(H,20,21)(H,17,18,19). The number of aliphatic carboxylic acids is 1. The van der Waals surface area contributed by atoms with Crippen molar-refractivity contribution in [2.24, 2.45) is 0 Å². The predicted molar refractivity (Wildman–Crippen MR) is 87.5 cm³/mol. The molecule has 0 unspecified atom stereocenters. The van der Waals surface area contributed by atoms with Crippen molar-refractivity contribution in [2.75, 3.05) is 5.75 Å². The van der Waals surface area contributed by atoms with Crippen molar-refractivity contribution in [3.8, 4) is 22.9 Å². The van der Waals surface area contributed by atoms with Crippen LogP contribution in [0.1, 0.15) is 6.42 Å². The zero-order chi connectivity index (χ0) is 16.2. The Labute approximate surface area is 140 Å². The van der Waals surface area contributed by atoms with E-state index in [1.54, 1.807) is 12.1 Å². The second kappa shape index (κ2) is 6.89. The Kier molecular flexibility index (Phi) is 4.68. The number of hydrogen-bond donors (Lipinski definition) is 2. The van der Waals surface area contributed by atoms with Gasteiger partial charge in [0.15, 0.2) is 11.6 Å². The number of furan rings is 1. The van der Waals surface area contributed by atoms with Gasteiger partial charge in [0.2, 0.25) is 5.16 Å². The molecule has 2 heterocycles. The lowest BCUT2D eigenvalue weighted by Crippen LogP contribution is -1.95. The van der Waals surface area contributed by atoms with E-state index in [2.05, 4.69) is 15.2 Å². The lowest BCUT2D eigenvalue weighted by atomic mass is 10.2. The van der Waals surface area contributed by atoms with E-state index >= 15 is 0 Å². The molecule has 0 amide bonds. The molecule has 0 aliphatic carbocycles. The Morgan fingerprint density at radius 1 is 1.26 bits per heavy atom. The van der Waals surface area contributed by atoms with E-state index in [1.807, 2.05) is 24.3 Å². The maximum Gasteiger partial charge on any atom is 0.304 e. The predicted octanol–water partition coefficient (Wildman–Crippen LogP) is 3.95. The van der Waals surface area contributed by atoms with Crippen LogP contribution in [0.3, 0.4) is 0 Å². The number of carbonyl (C=O) groups is 1. The van der Waals surface area contributed by atoms with Gasteiger partial charge in [-0.2, -0.15) is 4.98 Å². The van der Waals surface area contributed by atoms with Gasteiger partial charge in [-0.1, -0.05) is 35.5 Å². The molecule has 0 fully saturated rings. The maximum atomic E-state index is 10.5. The summed E-state index contributed by atoms with van der Waals surface area (Å²) in [7, 11) is 0. The molecule has 1 aromatic carbocycles. The van der Waals surface area contributed by atoms with Crippen LogP contribution in [0.15, 0.2) is 46.0 Å². The second-order valence-corrected chi connectivity index (χ2v) is 6.07. The first-order valence-corrected chi connectivity index (χ1v) is 8.12. The van der Waals surface area contributed by atoms with Crippen LogP contribution < -0.4 is 0 Å². The number of aromatic nitrogens is 3. The quantitative estimate of drug-likeness (QED) is 0.654. The van der Waals surface area contributed by atoms with Crippen molar-refractivity contribution >= 4 is 29.3 Å². The summed E-state index contributed by atoms with van der Waals surface area (Å²) in [6.07, 6.45) is 0.0615. The number of carboxylic acid groups (broad SMARTS) is 1. The van der Waals surface area contributed by atoms with Crippen LogP contribution in [0.2, 0.25) is 5.02 Å². The van der Waals surface area contributed by atoms with Crippen molar-refractivity contribution in [1.29, 1.82) is 0 Å². The number of nitrogens with one attached hydrogen (secondary N) is 1. The SMILES string of the molecule is O=C(O)CCSc1n[nH]c(-c2ccc(-c3ccccc3Cl)o2)n1. The first kappa shape index (κ1) is 15.6. The van der Waals surface area contributed by atoms with Gasteiger partial charge in [0.1, 0.15) is 5.76 Å². The average Bonchev–Trinajstić information content (AvgIpc) is 3.16. The van der Waals surface area contributed by atoms with E-state index in [0.717, 1.165) is 5.56 Å². The topological polar surface area (TPSA) is 92.0 Å². The normalized spacial score (nSPS) is 10.8. The highest BCUT2D eigenvalue weighted by atomic mass is 35.5. The Bertz CT molecular complexity index is 831. The number of nitrogens with zero attached hydrogens (tertiary/aromatic N) is 2. The number of thioether (sulfide) groups is 1. The van der Waals surface area contributed by atoms with Gasteiger partial charge >= 0.3 is 5.97 Å². The third kappa shape index (κ3) is 3.75. The summed E-state index contributed by atoms with van der Waals surface area (Å²) in [5, 5.41) is 16.5. The number of hydrogen-bond acceptors (Lipinski definition) is 5. The molecular formula is C15H12ClN3O3S. The number of H-pyrrole nitrogens is 1.